The van der Waals surface area contributed by atoms with Crippen molar-refractivity contribution in [2.75, 3.05) is 0 Å². The smallest absolute Gasteiger partial charge is 0.363 e. The molecule has 4 heteroatoms. The van der Waals surface area contributed by atoms with Crippen LogP contribution in [0.1, 0.15) is 31.2 Å². The number of esters is 1. The summed E-state index contributed by atoms with van der Waals surface area (Å²) < 4.78 is 5.27. The zero-order chi connectivity index (χ0) is 13.2. The van der Waals surface area contributed by atoms with Gasteiger partial charge in [0.1, 0.15) is 0 Å². The lowest BCUT2D eigenvalue weighted by atomic mass is 10.1. The molecule has 0 saturated heterocycles. The summed E-state index contributed by atoms with van der Waals surface area (Å²) in [5, 5.41) is 0.672. The predicted molar refractivity (Wildman–Crippen MR) is 74.9 cm³/mol. The number of ether oxygens (including phenoxy) is 1. The number of carbonyl (C=O) groups excluding carboxylic acids is 1. The minimum absolute atomic E-state index is 0.320. The first kappa shape index (κ1) is 12.4. The van der Waals surface area contributed by atoms with E-state index in [2.05, 4.69) is 4.99 Å². The summed E-state index contributed by atoms with van der Waals surface area (Å²) in [6.45, 7) is 0. The molecule has 98 valence electrons. The Morgan fingerprint density at radius 1 is 1.21 bits per heavy atom. The zero-order valence-corrected chi connectivity index (χ0v) is 11.2. The Labute approximate surface area is 116 Å². The molecule has 1 saturated carbocycles. The quantitative estimate of drug-likeness (QED) is 0.608. The molecule has 19 heavy (non-hydrogen) atoms. The highest BCUT2D eigenvalue weighted by Gasteiger charge is 2.30. The summed E-state index contributed by atoms with van der Waals surface area (Å²) in [5.41, 5.74) is 1.27. The Bertz CT molecular complexity index is 554. The normalized spacial score (nSPS) is 21.8. The summed E-state index contributed by atoms with van der Waals surface area (Å²) in [6.07, 6.45) is 6.26. The molecule has 2 aliphatic rings. The van der Waals surface area contributed by atoms with Crippen molar-refractivity contribution in [3.05, 3.63) is 40.5 Å². The average molecular weight is 276 g/mol. The lowest BCUT2D eigenvalue weighted by Crippen LogP contribution is -2.12. The van der Waals surface area contributed by atoms with Crippen molar-refractivity contribution >= 4 is 29.5 Å². The first-order valence-corrected chi connectivity index (χ1v) is 6.88. The van der Waals surface area contributed by atoms with Crippen LogP contribution in [0.5, 0.6) is 0 Å². The molecule has 0 N–H and O–H groups in total. The van der Waals surface area contributed by atoms with E-state index >= 15 is 0 Å². The molecule has 1 aromatic carbocycles. The number of nitrogens with zero attached hydrogens (tertiary/aromatic N) is 1. The molecule has 0 amide bonds. The fourth-order valence-electron chi connectivity index (χ4n) is 2.49. The molecule has 3 nitrogen and oxygen atoms in total. The lowest BCUT2D eigenvalue weighted by Gasteiger charge is -2.05. The second kappa shape index (κ2) is 5.17. The lowest BCUT2D eigenvalue weighted by molar-refractivity contribution is -0.130. The first-order valence-electron chi connectivity index (χ1n) is 6.50. The van der Waals surface area contributed by atoms with Gasteiger partial charge in [-0.1, -0.05) is 36.6 Å². The number of carbonyl (C=O) groups is 1. The fourth-order valence-corrected chi connectivity index (χ4v) is 2.62. The molecule has 1 aliphatic carbocycles. The number of rotatable bonds is 2. The topological polar surface area (TPSA) is 38.7 Å². The van der Waals surface area contributed by atoms with E-state index in [9.17, 15) is 4.79 Å². The monoisotopic (exact) mass is 275 g/mol. The fraction of sp³-hybridized carbons (Fsp3) is 0.333. The van der Waals surface area contributed by atoms with Crippen LogP contribution in [0.2, 0.25) is 5.02 Å². The number of hydrogen-bond acceptors (Lipinski definition) is 3. The molecule has 0 radical (unpaired) electrons. The highest BCUT2D eigenvalue weighted by Crippen LogP contribution is 2.30. The highest BCUT2D eigenvalue weighted by atomic mass is 35.5. The van der Waals surface area contributed by atoms with E-state index in [4.69, 9.17) is 16.3 Å². The van der Waals surface area contributed by atoms with Gasteiger partial charge in [-0.2, -0.15) is 0 Å². The van der Waals surface area contributed by atoms with E-state index in [-0.39, 0.29) is 5.97 Å². The molecular weight excluding hydrogens is 262 g/mol. The van der Waals surface area contributed by atoms with Crippen LogP contribution in [0, 0.1) is 5.92 Å². The van der Waals surface area contributed by atoms with Crippen LogP contribution in [0.15, 0.2) is 35.0 Å². The number of aliphatic imine (C=N–C) groups is 1. The minimum atomic E-state index is -0.350. The highest BCUT2D eigenvalue weighted by molar-refractivity contribution is 6.30. The molecule has 1 fully saturated rings. The van der Waals surface area contributed by atoms with Crippen molar-refractivity contribution < 1.29 is 9.53 Å². The van der Waals surface area contributed by atoms with Gasteiger partial charge in [0.2, 0.25) is 5.90 Å². The van der Waals surface area contributed by atoms with Crippen LogP contribution in [0.4, 0.5) is 0 Å². The van der Waals surface area contributed by atoms with Crippen LogP contribution in [-0.4, -0.2) is 11.9 Å². The van der Waals surface area contributed by atoms with Gasteiger partial charge in [0.05, 0.1) is 0 Å². The Morgan fingerprint density at radius 2 is 1.89 bits per heavy atom. The molecular formula is C15H14ClNO2. The summed E-state index contributed by atoms with van der Waals surface area (Å²) in [5.74, 6) is 0.569. The van der Waals surface area contributed by atoms with E-state index in [1.165, 1.54) is 12.8 Å². The van der Waals surface area contributed by atoms with Gasteiger partial charge in [0.15, 0.2) is 5.70 Å². The maximum absolute atomic E-state index is 11.8. The van der Waals surface area contributed by atoms with Gasteiger partial charge < -0.3 is 4.74 Å². The van der Waals surface area contributed by atoms with E-state index in [0.717, 1.165) is 18.4 Å². The van der Waals surface area contributed by atoms with Gasteiger partial charge in [0, 0.05) is 10.9 Å². The van der Waals surface area contributed by atoms with E-state index in [1.807, 2.05) is 12.1 Å². The van der Waals surface area contributed by atoms with E-state index in [1.54, 1.807) is 18.2 Å². The van der Waals surface area contributed by atoms with Gasteiger partial charge in [-0.3, -0.25) is 0 Å². The van der Waals surface area contributed by atoms with Crippen LogP contribution >= 0.6 is 11.6 Å². The largest absolute Gasteiger partial charge is 0.406 e. The Morgan fingerprint density at radius 3 is 2.58 bits per heavy atom. The second-order valence-electron chi connectivity index (χ2n) is 4.90. The first-order chi connectivity index (χ1) is 9.22. The maximum Gasteiger partial charge on any atom is 0.363 e. The number of benzene rings is 1. The van der Waals surface area contributed by atoms with Gasteiger partial charge in [-0.25, -0.2) is 9.79 Å². The number of hydrogen-bond donors (Lipinski definition) is 0. The SMILES string of the molecule is O=C1OC(C2CCCC2)=N/C1=C/c1ccc(Cl)cc1. The third-order valence-electron chi connectivity index (χ3n) is 3.51. The van der Waals surface area contributed by atoms with Crippen molar-refractivity contribution in [2.45, 2.75) is 25.7 Å². The summed E-state index contributed by atoms with van der Waals surface area (Å²) >= 11 is 5.83. The molecule has 3 rings (SSSR count). The van der Waals surface area contributed by atoms with E-state index in [0.29, 0.717) is 22.5 Å². The van der Waals surface area contributed by atoms with Crippen molar-refractivity contribution in [1.29, 1.82) is 0 Å². The molecule has 0 bridgehead atoms. The Hall–Kier alpha value is -1.61. The second-order valence-corrected chi connectivity index (χ2v) is 5.34. The van der Waals surface area contributed by atoms with Crippen LogP contribution in [0.3, 0.4) is 0 Å². The van der Waals surface area contributed by atoms with Crippen LogP contribution in [-0.2, 0) is 9.53 Å². The predicted octanol–water partition coefficient (Wildman–Crippen LogP) is 3.83. The standard InChI is InChI=1S/C15H14ClNO2/c16-12-7-5-10(6-8-12)9-13-15(18)19-14(17-13)11-3-1-2-4-11/h5-9,11H,1-4H2/b13-9+. The molecule has 1 heterocycles. The molecule has 0 spiro atoms. The van der Waals surface area contributed by atoms with Crippen LogP contribution in [0.25, 0.3) is 6.08 Å². The number of cyclic esters (lactones) is 1. The number of halogens is 1. The van der Waals surface area contributed by atoms with Crippen molar-refractivity contribution in [3.63, 3.8) is 0 Å². The zero-order valence-electron chi connectivity index (χ0n) is 10.4. The maximum atomic E-state index is 11.8. The summed E-state index contributed by atoms with van der Waals surface area (Å²) in [6, 6.07) is 7.28. The Balaban J connectivity index is 1.83. The third-order valence-corrected chi connectivity index (χ3v) is 3.77. The molecule has 1 aliphatic heterocycles. The molecule has 0 unspecified atom stereocenters. The minimum Gasteiger partial charge on any atom is -0.406 e. The third kappa shape index (κ3) is 2.71. The van der Waals surface area contributed by atoms with Gasteiger partial charge in [-0.15, -0.1) is 0 Å². The van der Waals surface area contributed by atoms with Gasteiger partial charge in [0.25, 0.3) is 0 Å². The van der Waals surface area contributed by atoms with Gasteiger partial charge >= 0.3 is 5.97 Å². The van der Waals surface area contributed by atoms with Gasteiger partial charge in [-0.05, 0) is 36.6 Å². The van der Waals surface area contributed by atoms with Crippen molar-refractivity contribution in [1.82, 2.24) is 0 Å². The summed E-state index contributed by atoms with van der Waals surface area (Å²) in [4.78, 5) is 16.1. The van der Waals surface area contributed by atoms with Crippen molar-refractivity contribution in [3.8, 4) is 0 Å². The van der Waals surface area contributed by atoms with Crippen molar-refractivity contribution in [2.24, 2.45) is 10.9 Å². The average Bonchev–Trinajstić information content (AvgIpc) is 3.03. The molecule has 0 aromatic heterocycles. The summed E-state index contributed by atoms with van der Waals surface area (Å²) in [7, 11) is 0. The molecule has 1 aromatic rings. The van der Waals surface area contributed by atoms with Crippen LogP contribution < -0.4 is 0 Å². The Kier molecular flexibility index (Phi) is 3.38. The van der Waals surface area contributed by atoms with E-state index < -0.39 is 0 Å². The molecule has 0 atom stereocenters.